The van der Waals surface area contributed by atoms with Crippen LogP contribution in [0, 0.1) is 6.92 Å². The number of nitrogens with one attached hydrogen (secondary N) is 1. The van der Waals surface area contributed by atoms with E-state index in [0.717, 1.165) is 16.1 Å². The molecule has 0 saturated carbocycles. The van der Waals surface area contributed by atoms with E-state index in [1.807, 2.05) is 31.2 Å². The molecular weight excluding hydrogens is 423 g/mol. The second-order valence-corrected chi connectivity index (χ2v) is 8.99. The average Bonchev–Trinajstić information content (AvgIpc) is 2.62. The van der Waals surface area contributed by atoms with Crippen LogP contribution in [0.25, 0.3) is 0 Å². The van der Waals surface area contributed by atoms with Gasteiger partial charge >= 0.3 is 0 Å². The second-order valence-electron chi connectivity index (χ2n) is 6.28. The van der Waals surface area contributed by atoms with Crippen molar-refractivity contribution in [3.8, 4) is 5.75 Å². The first-order chi connectivity index (χ1) is 13.1. The minimum atomic E-state index is -3.78. The zero-order valence-corrected chi connectivity index (χ0v) is 18.1. The van der Waals surface area contributed by atoms with Gasteiger partial charge in [-0.15, -0.1) is 0 Å². The largest absolute Gasteiger partial charge is 0.492 e. The van der Waals surface area contributed by atoms with Crippen molar-refractivity contribution in [3.63, 3.8) is 0 Å². The quantitative estimate of drug-likeness (QED) is 0.630. The van der Waals surface area contributed by atoms with Gasteiger partial charge in [-0.05, 0) is 44.2 Å². The lowest BCUT2D eigenvalue weighted by Crippen LogP contribution is -2.48. The minimum Gasteiger partial charge on any atom is -0.492 e. The molecule has 0 spiro atoms. The summed E-state index contributed by atoms with van der Waals surface area (Å²) in [4.78, 5) is 12.5. The summed E-state index contributed by atoms with van der Waals surface area (Å²) < 4.78 is 31.1. The van der Waals surface area contributed by atoms with Gasteiger partial charge in [0.15, 0.2) is 0 Å². The molecule has 0 unspecified atom stereocenters. The van der Waals surface area contributed by atoms with Crippen molar-refractivity contribution in [2.45, 2.75) is 19.9 Å². The number of ether oxygens (including phenoxy) is 1. The molecule has 2 rings (SSSR count). The average molecular weight is 445 g/mol. The van der Waals surface area contributed by atoms with Gasteiger partial charge in [0.2, 0.25) is 15.9 Å². The molecule has 0 aromatic heterocycles. The van der Waals surface area contributed by atoms with Gasteiger partial charge in [0, 0.05) is 5.02 Å². The van der Waals surface area contributed by atoms with Crippen molar-refractivity contribution in [1.82, 2.24) is 5.32 Å². The molecule has 1 amide bonds. The summed E-state index contributed by atoms with van der Waals surface area (Å²) in [6, 6.07) is 10.9. The van der Waals surface area contributed by atoms with Crippen LogP contribution in [0.2, 0.25) is 10.0 Å². The summed E-state index contributed by atoms with van der Waals surface area (Å²) in [5.41, 5.74) is 1.27. The number of nitrogens with zero attached hydrogens (tertiary/aromatic N) is 1. The zero-order valence-electron chi connectivity index (χ0n) is 15.8. The second kappa shape index (κ2) is 9.49. The van der Waals surface area contributed by atoms with Crippen LogP contribution in [0.3, 0.4) is 0 Å². The Bertz CT molecular complexity index is 933. The number of sulfonamides is 1. The standard InChI is InChI=1S/C19H22Cl2N2O4S/c1-13-4-7-16(8-5-13)27-11-10-22-19(24)14(2)23(28(3,25)26)18-12-15(20)6-9-17(18)21/h4-9,12,14H,10-11H2,1-3H3,(H,22,24)/t14-/m1/s1. The molecule has 6 nitrogen and oxygen atoms in total. The maximum atomic E-state index is 12.5. The summed E-state index contributed by atoms with van der Waals surface area (Å²) in [6.45, 7) is 3.93. The number of carbonyl (C=O) groups excluding carboxylic acids is 1. The third-order valence-corrected chi connectivity index (χ3v) is 5.71. The van der Waals surface area contributed by atoms with Crippen molar-refractivity contribution in [1.29, 1.82) is 0 Å². The van der Waals surface area contributed by atoms with Gasteiger partial charge in [-0.1, -0.05) is 40.9 Å². The normalized spacial score (nSPS) is 12.3. The molecule has 0 bridgehead atoms. The van der Waals surface area contributed by atoms with Gasteiger partial charge in [-0.2, -0.15) is 0 Å². The predicted octanol–water partition coefficient (Wildman–Crippen LogP) is 3.65. The number of aryl methyl sites for hydroxylation is 1. The first kappa shape index (κ1) is 22.3. The van der Waals surface area contributed by atoms with Crippen LogP contribution >= 0.6 is 23.2 Å². The molecule has 1 atom stereocenters. The van der Waals surface area contributed by atoms with E-state index < -0.39 is 22.0 Å². The number of halogens is 2. The third kappa shape index (κ3) is 6.02. The lowest BCUT2D eigenvalue weighted by molar-refractivity contribution is -0.121. The molecule has 0 fully saturated rings. The van der Waals surface area contributed by atoms with E-state index in [4.69, 9.17) is 27.9 Å². The van der Waals surface area contributed by atoms with E-state index in [0.29, 0.717) is 10.8 Å². The zero-order chi connectivity index (χ0) is 20.9. The Labute approximate surface area is 175 Å². The maximum Gasteiger partial charge on any atom is 0.243 e. The van der Waals surface area contributed by atoms with E-state index in [1.54, 1.807) is 6.07 Å². The summed E-state index contributed by atoms with van der Waals surface area (Å²) >= 11 is 12.1. The summed E-state index contributed by atoms with van der Waals surface area (Å²) in [7, 11) is -3.78. The molecule has 28 heavy (non-hydrogen) atoms. The topological polar surface area (TPSA) is 75.7 Å². The van der Waals surface area contributed by atoms with E-state index >= 15 is 0 Å². The van der Waals surface area contributed by atoms with Crippen molar-refractivity contribution in [2.24, 2.45) is 0 Å². The Balaban J connectivity index is 2.03. The molecule has 0 saturated heterocycles. The highest BCUT2D eigenvalue weighted by atomic mass is 35.5. The first-order valence-electron chi connectivity index (χ1n) is 8.51. The highest BCUT2D eigenvalue weighted by Crippen LogP contribution is 2.32. The van der Waals surface area contributed by atoms with Gasteiger partial charge < -0.3 is 10.1 Å². The molecule has 0 heterocycles. The number of anilines is 1. The molecule has 0 aliphatic carbocycles. The lowest BCUT2D eigenvalue weighted by atomic mass is 10.2. The Kier molecular flexibility index (Phi) is 7.57. The molecule has 0 aliphatic rings. The summed E-state index contributed by atoms with van der Waals surface area (Å²) in [6.07, 6.45) is 1.01. The molecule has 1 N–H and O–H groups in total. The van der Waals surface area contributed by atoms with Crippen molar-refractivity contribution < 1.29 is 17.9 Å². The smallest absolute Gasteiger partial charge is 0.243 e. The number of hydrogen-bond acceptors (Lipinski definition) is 4. The van der Waals surface area contributed by atoms with Gasteiger partial charge in [-0.3, -0.25) is 9.10 Å². The van der Waals surface area contributed by atoms with Gasteiger partial charge in [0.1, 0.15) is 18.4 Å². The van der Waals surface area contributed by atoms with Gasteiger partial charge in [0.25, 0.3) is 0 Å². The lowest BCUT2D eigenvalue weighted by Gasteiger charge is -2.29. The van der Waals surface area contributed by atoms with Crippen LogP contribution in [-0.2, 0) is 14.8 Å². The Hall–Kier alpha value is -1.96. The fraction of sp³-hybridized carbons (Fsp3) is 0.316. The number of carbonyl (C=O) groups is 1. The van der Waals surface area contributed by atoms with Gasteiger partial charge in [0.05, 0.1) is 23.5 Å². The number of rotatable bonds is 8. The molecule has 9 heteroatoms. The van der Waals surface area contributed by atoms with Crippen LogP contribution in [0.1, 0.15) is 12.5 Å². The van der Waals surface area contributed by atoms with Crippen molar-refractivity contribution in [3.05, 3.63) is 58.1 Å². The van der Waals surface area contributed by atoms with E-state index in [2.05, 4.69) is 5.32 Å². The highest BCUT2D eigenvalue weighted by molar-refractivity contribution is 7.92. The third-order valence-electron chi connectivity index (χ3n) is 3.93. The Morgan fingerprint density at radius 3 is 2.43 bits per heavy atom. The maximum absolute atomic E-state index is 12.5. The summed E-state index contributed by atoms with van der Waals surface area (Å²) in [5.74, 6) is 0.213. The molecule has 0 aliphatic heterocycles. The van der Waals surface area contributed by atoms with Crippen LogP contribution in [0.5, 0.6) is 5.75 Å². The number of benzene rings is 2. The number of amides is 1. The molecule has 152 valence electrons. The highest BCUT2D eigenvalue weighted by Gasteiger charge is 2.30. The fourth-order valence-corrected chi connectivity index (χ4v) is 4.16. The molecule has 2 aromatic rings. The summed E-state index contributed by atoms with van der Waals surface area (Å²) in [5, 5.41) is 3.16. The van der Waals surface area contributed by atoms with Crippen molar-refractivity contribution >= 4 is 44.8 Å². The predicted molar refractivity (Wildman–Crippen MR) is 113 cm³/mol. The van der Waals surface area contributed by atoms with Gasteiger partial charge in [-0.25, -0.2) is 8.42 Å². The first-order valence-corrected chi connectivity index (χ1v) is 11.1. The van der Waals surface area contributed by atoms with E-state index in [9.17, 15) is 13.2 Å². The monoisotopic (exact) mass is 444 g/mol. The Morgan fingerprint density at radius 1 is 1.18 bits per heavy atom. The van der Waals surface area contributed by atoms with Crippen molar-refractivity contribution in [2.75, 3.05) is 23.7 Å². The fourth-order valence-electron chi connectivity index (χ4n) is 2.56. The number of hydrogen-bond donors (Lipinski definition) is 1. The van der Waals surface area contributed by atoms with E-state index in [1.165, 1.54) is 19.1 Å². The van der Waals surface area contributed by atoms with Crippen LogP contribution < -0.4 is 14.4 Å². The van der Waals surface area contributed by atoms with Crippen LogP contribution in [0.15, 0.2) is 42.5 Å². The molecular formula is C19H22Cl2N2O4S. The van der Waals surface area contributed by atoms with E-state index in [-0.39, 0.29) is 23.9 Å². The Morgan fingerprint density at radius 2 is 1.82 bits per heavy atom. The SMILES string of the molecule is Cc1ccc(OCCNC(=O)[C@@H](C)N(c2cc(Cl)ccc2Cl)S(C)(=O)=O)cc1. The van der Waals surface area contributed by atoms with Crippen LogP contribution in [-0.4, -0.2) is 39.8 Å². The molecule has 2 aromatic carbocycles. The molecule has 0 radical (unpaired) electrons. The minimum absolute atomic E-state index is 0.148. The van der Waals surface area contributed by atoms with Crippen LogP contribution in [0.4, 0.5) is 5.69 Å².